The molecular weight excluding hydrogens is 328 g/mol. The average molecular weight is 358 g/mol. The summed E-state index contributed by atoms with van der Waals surface area (Å²) < 4.78 is 37.4. The molecule has 0 spiro atoms. The highest BCUT2D eigenvalue weighted by atomic mass is 32.3. The fourth-order valence-electron chi connectivity index (χ4n) is 2.17. The van der Waals surface area contributed by atoms with Gasteiger partial charge in [0.05, 0.1) is 6.61 Å². The molecule has 1 aromatic rings. The first kappa shape index (κ1) is 22.6. The van der Waals surface area contributed by atoms with E-state index in [1.807, 2.05) is 13.0 Å². The van der Waals surface area contributed by atoms with Crippen LogP contribution in [0.1, 0.15) is 64.4 Å². The van der Waals surface area contributed by atoms with Crippen LogP contribution in [-0.2, 0) is 10.4 Å². The van der Waals surface area contributed by atoms with E-state index in [4.69, 9.17) is 22.3 Å². The van der Waals surface area contributed by atoms with Crippen LogP contribution in [0, 0.1) is 0 Å². The van der Waals surface area contributed by atoms with Crippen molar-refractivity contribution in [1.82, 2.24) is 0 Å². The number of para-hydroxylation sites is 1. The molecule has 0 radical (unpaired) electrons. The molecule has 1 rings (SSSR count). The van der Waals surface area contributed by atoms with Gasteiger partial charge in [-0.05, 0) is 19.4 Å². The van der Waals surface area contributed by atoms with Crippen molar-refractivity contribution in [3.8, 4) is 5.75 Å². The Labute approximate surface area is 146 Å². The fraction of sp³-hybridized carbons (Fsp3) is 0.556. The largest absolute Gasteiger partial charge is 0.493 e. The molecule has 0 fully saturated rings. The summed E-state index contributed by atoms with van der Waals surface area (Å²) in [6, 6.07) is 8.24. The van der Waals surface area contributed by atoms with Crippen LogP contribution in [-0.4, -0.2) is 24.1 Å². The Hall–Kier alpha value is -1.37. The molecule has 0 unspecified atom stereocenters. The predicted octanol–water partition coefficient (Wildman–Crippen LogP) is 5.20. The van der Waals surface area contributed by atoms with Gasteiger partial charge in [-0.2, -0.15) is 8.42 Å². The van der Waals surface area contributed by atoms with E-state index in [2.05, 4.69) is 37.3 Å². The van der Waals surface area contributed by atoms with Crippen LogP contribution >= 0.6 is 0 Å². The predicted molar refractivity (Wildman–Crippen MR) is 98.8 cm³/mol. The number of unbranched alkanes of at least 4 members (excludes halogenated alkanes) is 6. The van der Waals surface area contributed by atoms with Crippen LogP contribution in [0.3, 0.4) is 0 Å². The highest BCUT2D eigenvalue weighted by molar-refractivity contribution is 7.79. The summed E-state index contributed by atoms with van der Waals surface area (Å²) in [5.74, 6) is 1.01. The molecule has 138 valence electrons. The molecule has 0 saturated heterocycles. The average Bonchev–Trinajstić information content (AvgIpc) is 2.50. The maximum absolute atomic E-state index is 8.74. The molecule has 2 N–H and O–H groups in total. The summed E-state index contributed by atoms with van der Waals surface area (Å²) in [4.78, 5) is 0. The lowest BCUT2D eigenvalue weighted by Gasteiger charge is -2.09. The van der Waals surface area contributed by atoms with Crippen LogP contribution in [0.5, 0.6) is 5.75 Å². The van der Waals surface area contributed by atoms with Gasteiger partial charge in [-0.25, -0.2) is 0 Å². The lowest BCUT2D eigenvalue weighted by Crippen LogP contribution is -1.98. The minimum Gasteiger partial charge on any atom is -0.493 e. The molecule has 0 aliphatic carbocycles. The maximum Gasteiger partial charge on any atom is 0.394 e. The normalized spacial score (nSPS) is 11.2. The summed E-state index contributed by atoms with van der Waals surface area (Å²) in [5.41, 5.74) is 1.17. The van der Waals surface area contributed by atoms with E-state index in [0.29, 0.717) is 0 Å². The summed E-state index contributed by atoms with van der Waals surface area (Å²) in [6.07, 6.45) is 13.4. The second kappa shape index (κ2) is 14.0. The van der Waals surface area contributed by atoms with Gasteiger partial charge in [-0.15, -0.1) is 0 Å². The highest BCUT2D eigenvalue weighted by Crippen LogP contribution is 2.19. The number of ether oxygens (including phenoxy) is 1. The van der Waals surface area contributed by atoms with Crippen LogP contribution in [0.4, 0.5) is 0 Å². The van der Waals surface area contributed by atoms with Crippen LogP contribution in [0.25, 0.3) is 6.08 Å². The number of allylic oxidation sites excluding steroid dienone is 1. The first-order valence-corrected chi connectivity index (χ1v) is 9.82. The van der Waals surface area contributed by atoms with Gasteiger partial charge in [-0.1, -0.05) is 75.8 Å². The molecule has 0 saturated carbocycles. The Morgan fingerprint density at radius 2 is 1.54 bits per heavy atom. The first-order valence-electron chi connectivity index (χ1n) is 8.43. The van der Waals surface area contributed by atoms with Gasteiger partial charge < -0.3 is 4.74 Å². The molecular formula is C18H30O5S. The van der Waals surface area contributed by atoms with E-state index in [-0.39, 0.29) is 0 Å². The smallest absolute Gasteiger partial charge is 0.394 e. The Bertz CT molecular complexity index is 544. The van der Waals surface area contributed by atoms with Crippen molar-refractivity contribution in [2.24, 2.45) is 0 Å². The molecule has 0 aliphatic heterocycles. The Morgan fingerprint density at radius 3 is 2.12 bits per heavy atom. The zero-order valence-electron chi connectivity index (χ0n) is 14.6. The maximum atomic E-state index is 8.74. The SMILES string of the molecule is CC=Cc1ccccc1OCCCCCCCCC.O=S(=O)(O)O. The minimum atomic E-state index is -4.67. The van der Waals surface area contributed by atoms with E-state index in [1.165, 1.54) is 44.1 Å². The minimum absolute atomic E-state index is 0.836. The van der Waals surface area contributed by atoms with Gasteiger partial charge in [0.25, 0.3) is 0 Å². The van der Waals surface area contributed by atoms with Crippen molar-refractivity contribution in [2.45, 2.75) is 58.8 Å². The highest BCUT2D eigenvalue weighted by Gasteiger charge is 1.99. The third-order valence-corrected chi connectivity index (χ3v) is 3.27. The Kier molecular flexibility index (Phi) is 13.2. The zero-order chi connectivity index (χ0) is 18.3. The number of benzene rings is 1. The standard InChI is InChI=1S/C18H28O.H2O4S/c1-3-5-6-7-8-9-12-16-19-18-15-11-10-14-17(18)13-4-2;1-5(2,3)4/h4,10-11,13-15H,3,5-9,12,16H2,1-2H3;(H2,1,2,3,4). The Morgan fingerprint density at radius 1 is 1.00 bits per heavy atom. The molecule has 0 atom stereocenters. The quantitative estimate of drug-likeness (QED) is 0.444. The number of hydrogen-bond acceptors (Lipinski definition) is 3. The van der Waals surface area contributed by atoms with Gasteiger partial charge in [0.15, 0.2) is 0 Å². The van der Waals surface area contributed by atoms with E-state index in [0.717, 1.165) is 18.8 Å². The molecule has 24 heavy (non-hydrogen) atoms. The van der Waals surface area contributed by atoms with Gasteiger partial charge in [0.1, 0.15) is 5.75 Å². The van der Waals surface area contributed by atoms with Crippen molar-refractivity contribution in [3.05, 3.63) is 35.9 Å². The summed E-state index contributed by atoms with van der Waals surface area (Å²) in [7, 11) is -4.67. The van der Waals surface area contributed by atoms with Crippen molar-refractivity contribution in [2.75, 3.05) is 6.61 Å². The van der Waals surface area contributed by atoms with Crippen LogP contribution in [0.15, 0.2) is 30.3 Å². The molecule has 5 nitrogen and oxygen atoms in total. The third kappa shape index (κ3) is 15.5. The van der Waals surface area contributed by atoms with Crippen molar-refractivity contribution in [3.63, 3.8) is 0 Å². The lowest BCUT2D eigenvalue weighted by atomic mass is 10.1. The second-order valence-electron chi connectivity index (χ2n) is 5.46. The summed E-state index contributed by atoms with van der Waals surface area (Å²) >= 11 is 0. The lowest BCUT2D eigenvalue weighted by molar-refractivity contribution is 0.303. The van der Waals surface area contributed by atoms with E-state index in [1.54, 1.807) is 0 Å². The second-order valence-corrected chi connectivity index (χ2v) is 6.35. The van der Waals surface area contributed by atoms with Crippen LogP contribution in [0.2, 0.25) is 0 Å². The van der Waals surface area contributed by atoms with E-state index >= 15 is 0 Å². The van der Waals surface area contributed by atoms with E-state index in [9.17, 15) is 0 Å². The molecule has 0 bridgehead atoms. The molecule has 6 heteroatoms. The van der Waals surface area contributed by atoms with Crippen LogP contribution < -0.4 is 4.74 Å². The molecule has 0 amide bonds. The Balaban J connectivity index is 0.000000922. The molecule has 0 aliphatic rings. The third-order valence-electron chi connectivity index (χ3n) is 3.27. The van der Waals surface area contributed by atoms with Gasteiger partial charge in [0, 0.05) is 5.56 Å². The van der Waals surface area contributed by atoms with Crippen molar-refractivity contribution >= 4 is 16.5 Å². The molecule has 0 aromatic heterocycles. The monoisotopic (exact) mass is 358 g/mol. The fourth-order valence-corrected chi connectivity index (χ4v) is 2.17. The number of hydrogen-bond donors (Lipinski definition) is 2. The topological polar surface area (TPSA) is 83.8 Å². The van der Waals surface area contributed by atoms with Crippen molar-refractivity contribution < 1.29 is 22.3 Å². The number of rotatable bonds is 10. The van der Waals surface area contributed by atoms with Gasteiger partial charge >= 0.3 is 10.4 Å². The molecule has 1 aromatic carbocycles. The van der Waals surface area contributed by atoms with Gasteiger partial charge in [0.2, 0.25) is 0 Å². The first-order chi connectivity index (χ1) is 11.4. The van der Waals surface area contributed by atoms with E-state index < -0.39 is 10.4 Å². The molecule has 0 heterocycles. The van der Waals surface area contributed by atoms with Crippen molar-refractivity contribution in [1.29, 1.82) is 0 Å². The summed E-state index contributed by atoms with van der Waals surface area (Å²) in [5, 5.41) is 0. The zero-order valence-corrected chi connectivity index (χ0v) is 15.5. The van der Waals surface area contributed by atoms with Gasteiger partial charge in [-0.3, -0.25) is 9.11 Å². The summed E-state index contributed by atoms with van der Waals surface area (Å²) in [6.45, 7) is 5.13.